The highest BCUT2D eigenvalue weighted by Gasteiger charge is 2.11. The molecule has 0 amide bonds. The first-order chi connectivity index (χ1) is 9.63. The minimum Gasteiger partial charge on any atom is -0.504 e. The van der Waals surface area contributed by atoms with Crippen molar-refractivity contribution < 1.29 is 9.50 Å². The SMILES string of the molecule is Oc1cn(-c2ccc(Cl)cc2)nc1-c1ccc(F)cc1. The zero-order chi connectivity index (χ0) is 14.1. The number of nitrogens with zero attached hydrogens (tertiary/aromatic N) is 2. The summed E-state index contributed by atoms with van der Waals surface area (Å²) in [6, 6.07) is 12.9. The van der Waals surface area contributed by atoms with Crippen LogP contribution < -0.4 is 0 Å². The van der Waals surface area contributed by atoms with Gasteiger partial charge in [0.25, 0.3) is 0 Å². The van der Waals surface area contributed by atoms with Gasteiger partial charge in [-0.15, -0.1) is 0 Å². The molecule has 3 aromatic rings. The number of hydrogen-bond acceptors (Lipinski definition) is 2. The molecule has 0 aliphatic heterocycles. The standard InChI is InChI=1S/C15H10ClFN2O/c16-11-3-7-13(8-4-11)19-9-14(20)15(18-19)10-1-5-12(17)6-2-10/h1-9,20H. The van der Waals surface area contributed by atoms with E-state index in [4.69, 9.17) is 11.6 Å². The molecule has 0 aliphatic rings. The molecule has 0 unspecified atom stereocenters. The average Bonchev–Trinajstić information content (AvgIpc) is 2.82. The zero-order valence-corrected chi connectivity index (χ0v) is 11.0. The summed E-state index contributed by atoms with van der Waals surface area (Å²) in [4.78, 5) is 0. The van der Waals surface area contributed by atoms with Crippen LogP contribution in [0, 0.1) is 5.82 Å². The first-order valence-corrected chi connectivity index (χ1v) is 6.32. The molecule has 20 heavy (non-hydrogen) atoms. The summed E-state index contributed by atoms with van der Waals surface area (Å²) in [6.07, 6.45) is 1.50. The van der Waals surface area contributed by atoms with E-state index in [2.05, 4.69) is 5.10 Å². The molecule has 0 saturated heterocycles. The van der Waals surface area contributed by atoms with Crippen LogP contribution in [-0.2, 0) is 0 Å². The first kappa shape index (κ1) is 12.7. The van der Waals surface area contributed by atoms with E-state index in [9.17, 15) is 9.50 Å². The third-order valence-electron chi connectivity index (χ3n) is 2.90. The van der Waals surface area contributed by atoms with Crippen LogP contribution in [0.3, 0.4) is 0 Å². The number of halogens is 2. The van der Waals surface area contributed by atoms with E-state index >= 15 is 0 Å². The largest absolute Gasteiger partial charge is 0.504 e. The Labute approximate surface area is 119 Å². The molecule has 0 fully saturated rings. The van der Waals surface area contributed by atoms with E-state index in [1.165, 1.54) is 18.3 Å². The number of aromatic hydroxyl groups is 1. The Morgan fingerprint density at radius 1 is 1.00 bits per heavy atom. The van der Waals surface area contributed by atoms with Crippen LogP contribution in [0.1, 0.15) is 0 Å². The zero-order valence-electron chi connectivity index (χ0n) is 10.3. The van der Waals surface area contributed by atoms with E-state index in [0.29, 0.717) is 16.3 Å². The summed E-state index contributed by atoms with van der Waals surface area (Å²) in [7, 11) is 0. The van der Waals surface area contributed by atoms with E-state index in [-0.39, 0.29) is 11.6 Å². The lowest BCUT2D eigenvalue weighted by Crippen LogP contribution is -1.94. The summed E-state index contributed by atoms with van der Waals surface area (Å²) in [6.45, 7) is 0. The molecule has 5 heteroatoms. The third kappa shape index (κ3) is 2.38. The molecule has 0 aliphatic carbocycles. The maximum Gasteiger partial charge on any atom is 0.162 e. The predicted octanol–water partition coefficient (Wildman–Crippen LogP) is 4.04. The van der Waals surface area contributed by atoms with Crippen LogP contribution in [0.2, 0.25) is 5.02 Å². The van der Waals surface area contributed by atoms with Gasteiger partial charge in [-0.05, 0) is 48.5 Å². The van der Waals surface area contributed by atoms with Gasteiger partial charge in [-0.2, -0.15) is 5.10 Å². The number of rotatable bonds is 2. The lowest BCUT2D eigenvalue weighted by molar-refractivity contribution is 0.477. The quantitative estimate of drug-likeness (QED) is 0.773. The Morgan fingerprint density at radius 3 is 2.30 bits per heavy atom. The molecule has 3 nitrogen and oxygen atoms in total. The van der Waals surface area contributed by atoms with Gasteiger partial charge in [0.2, 0.25) is 0 Å². The number of aromatic nitrogens is 2. The fourth-order valence-corrected chi connectivity index (χ4v) is 2.03. The van der Waals surface area contributed by atoms with E-state index in [1.807, 2.05) is 0 Å². The van der Waals surface area contributed by atoms with Gasteiger partial charge >= 0.3 is 0 Å². The van der Waals surface area contributed by atoms with Gasteiger partial charge < -0.3 is 5.11 Å². The molecule has 0 saturated carbocycles. The molecule has 0 spiro atoms. The normalized spacial score (nSPS) is 10.7. The van der Waals surface area contributed by atoms with Gasteiger partial charge in [0.05, 0.1) is 11.9 Å². The monoisotopic (exact) mass is 288 g/mol. The van der Waals surface area contributed by atoms with Gasteiger partial charge in [0.15, 0.2) is 5.75 Å². The molecule has 2 aromatic carbocycles. The highest BCUT2D eigenvalue weighted by Crippen LogP contribution is 2.28. The number of benzene rings is 2. The minimum atomic E-state index is -0.328. The van der Waals surface area contributed by atoms with Crippen LogP contribution in [0.25, 0.3) is 16.9 Å². The van der Waals surface area contributed by atoms with Crippen molar-refractivity contribution in [2.75, 3.05) is 0 Å². The Bertz CT molecular complexity index is 736. The van der Waals surface area contributed by atoms with Crippen molar-refractivity contribution in [3.63, 3.8) is 0 Å². The summed E-state index contributed by atoms with van der Waals surface area (Å²) >= 11 is 5.83. The van der Waals surface area contributed by atoms with Gasteiger partial charge in [-0.3, -0.25) is 0 Å². The molecule has 0 atom stereocenters. The number of hydrogen-bond donors (Lipinski definition) is 1. The van der Waals surface area contributed by atoms with E-state index in [0.717, 1.165) is 5.69 Å². The second-order valence-corrected chi connectivity index (χ2v) is 4.73. The first-order valence-electron chi connectivity index (χ1n) is 5.94. The van der Waals surface area contributed by atoms with Crippen molar-refractivity contribution in [3.05, 3.63) is 65.6 Å². The highest BCUT2D eigenvalue weighted by molar-refractivity contribution is 6.30. The van der Waals surface area contributed by atoms with Gasteiger partial charge in [-0.1, -0.05) is 11.6 Å². The summed E-state index contributed by atoms with van der Waals surface area (Å²) in [5.74, 6) is -0.295. The smallest absolute Gasteiger partial charge is 0.162 e. The van der Waals surface area contributed by atoms with Crippen LogP contribution >= 0.6 is 11.6 Å². The van der Waals surface area contributed by atoms with Gasteiger partial charge in [0, 0.05) is 10.6 Å². The van der Waals surface area contributed by atoms with Crippen molar-refractivity contribution >= 4 is 11.6 Å². The molecule has 0 radical (unpaired) electrons. The van der Waals surface area contributed by atoms with Crippen LogP contribution in [0.15, 0.2) is 54.7 Å². The summed E-state index contributed by atoms with van der Waals surface area (Å²) in [5, 5.41) is 14.9. The highest BCUT2D eigenvalue weighted by atomic mass is 35.5. The molecule has 0 bridgehead atoms. The van der Waals surface area contributed by atoms with Crippen molar-refractivity contribution in [3.8, 4) is 22.7 Å². The second-order valence-electron chi connectivity index (χ2n) is 4.29. The Balaban J connectivity index is 2.02. The van der Waals surface area contributed by atoms with Crippen molar-refractivity contribution in [2.45, 2.75) is 0 Å². The Hall–Kier alpha value is -2.33. The maximum atomic E-state index is 12.9. The van der Waals surface area contributed by atoms with Crippen LogP contribution in [0.5, 0.6) is 5.75 Å². The fraction of sp³-hybridized carbons (Fsp3) is 0. The Morgan fingerprint density at radius 2 is 1.65 bits per heavy atom. The molecule has 1 heterocycles. The topological polar surface area (TPSA) is 38.0 Å². The van der Waals surface area contributed by atoms with Gasteiger partial charge in [0.1, 0.15) is 11.5 Å². The minimum absolute atomic E-state index is 0.0339. The predicted molar refractivity (Wildman–Crippen MR) is 75.6 cm³/mol. The molecule has 100 valence electrons. The van der Waals surface area contributed by atoms with Crippen molar-refractivity contribution in [1.82, 2.24) is 9.78 Å². The fourth-order valence-electron chi connectivity index (χ4n) is 1.90. The second kappa shape index (κ2) is 4.98. The van der Waals surface area contributed by atoms with Crippen LogP contribution in [0.4, 0.5) is 4.39 Å². The molecule has 1 N–H and O–H groups in total. The molecule has 3 rings (SSSR count). The molecular formula is C15H10ClFN2O. The Kier molecular flexibility index (Phi) is 3.16. The van der Waals surface area contributed by atoms with Crippen LogP contribution in [-0.4, -0.2) is 14.9 Å². The van der Waals surface area contributed by atoms with E-state index in [1.54, 1.807) is 41.1 Å². The summed E-state index contributed by atoms with van der Waals surface area (Å²) < 4.78 is 14.5. The lowest BCUT2D eigenvalue weighted by Gasteiger charge is -2.00. The van der Waals surface area contributed by atoms with Gasteiger partial charge in [-0.25, -0.2) is 9.07 Å². The molecular weight excluding hydrogens is 279 g/mol. The summed E-state index contributed by atoms with van der Waals surface area (Å²) in [5.41, 5.74) is 1.83. The maximum absolute atomic E-state index is 12.9. The average molecular weight is 289 g/mol. The third-order valence-corrected chi connectivity index (χ3v) is 3.16. The lowest BCUT2D eigenvalue weighted by atomic mass is 10.1. The van der Waals surface area contributed by atoms with Crippen molar-refractivity contribution in [1.29, 1.82) is 0 Å². The van der Waals surface area contributed by atoms with E-state index < -0.39 is 0 Å². The molecule has 1 aromatic heterocycles. The van der Waals surface area contributed by atoms with Crippen molar-refractivity contribution in [2.24, 2.45) is 0 Å².